The minimum atomic E-state index is -4.33. The van der Waals surface area contributed by atoms with Crippen molar-refractivity contribution in [1.82, 2.24) is 0 Å². The van der Waals surface area contributed by atoms with Crippen molar-refractivity contribution in [3.05, 3.63) is 237 Å². The first-order valence-corrected chi connectivity index (χ1v) is 26.8. The fourth-order valence-electron chi connectivity index (χ4n) is 10.9. The summed E-state index contributed by atoms with van der Waals surface area (Å²) in [4.78, 5) is 15.7. The largest absolute Gasteiger partial charge is 0.748 e. The Bertz CT molecular complexity index is 3070. The second-order valence-electron chi connectivity index (χ2n) is 19.0. The molecule has 346 valence electrons. The predicted molar refractivity (Wildman–Crippen MR) is 287 cm³/mol. The number of Topliss-reactive ketones (excluding diaryl/α,β-unsaturated/α-hetero) is 1. The number of carbonyl (C=O) groups excluding carboxylic acids is 1. The van der Waals surface area contributed by atoms with Crippen LogP contribution in [0, 0.1) is 16.7 Å². The molecule has 0 spiro atoms. The first-order chi connectivity index (χ1) is 34.0. The maximum absolute atomic E-state index is 11.8. The van der Waals surface area contributed by atoms with E-state index in [4.69, 9.17) is 0 Å². The van der Waals surface area contributed by atoms with Gasteiger partial charge in [-0.25, -0.2) is 8.42 Å². The number of benzene rings is 9. The maximum Gasteiger partial charge on any atom is 0.182 e. The minimum absolute atomic E-state index is 0.0248. The van der Waals surface area contributed by atoms with Gasteiger partial charge in [-0.3, -0.25) is 4.79 Å². The van der Waals surface area contributed by atoms with Gasteiger partial charge in [0.2, 0.25) is 0 Å². The van der Waals surface area contributed by atoms with Gasteiger partial charge in [0.15, 0.2) is 14.7 Å². The number of hydrogen-bond acceptors (Lipinski definition) is 4. The molecule has 9 aromatic rings. The number of fused-ring (bicyclic) bond motifs is 2. The zero-order valence-electron chi connectivity index (χ0n) is 39.4. The van der Waals surface area contributed by atoms with Crippen LogP contribution in [-0.2, 0) is 25.8 Å². The van der Waals surface area contributed by atoms with Gasteiger partial charge >= 0.3 is 0 Å². The summed E-state index contributed by atoms with van der Waals surface area (Å²) in [6.45, 7) is 3.83. The van der Waals surface area contributed by atoms with E-state index in [0.29, 0.717) is 12.8 Å². The molecule has 0 aromatic heterocycles. The lowest BCUT2D eigenvalue weighted by molar-refractivity contribution is -0.128. The van der Waals surface area contributed by atoms with Gasteiger partial charge in [-0.15, -0.1) is 0 Å². The van der Waals surface area contributed by atoms with Gasteiger partial charge < -0.3 is 4.55 Å². The Morgan fingerprint density at radius 3 is 1.03 bits per heavy atom. The molecule has 2 saturated carbocycles. The van der Waals surface area contributed by atoms with Crippen LogP contribution >= 0.6 is 0 Å². The number of rotatable bonds is 11. The van der Waals surface area contributed by atoms with Crippen molar-refractivity contribution in [3.63, 3.8) is 0 Å². The second-order valence-corrected chi connectivity index (χ2v) is 22.3. The molecule has 11 rings (SSSR count). The summed E-state index contributed by atoms with van der Waals surface area (Å²) < 4.78 is 32.7. The highest BCUT2D eigenvalue weighted by molar-refractivity contribution is 7.97. The van der Waals surface area contributed by atoms with Gasteiger partial charge in [-0.2, -0.15) is 0 Å². The summed E-state index contributed by atoms with van der Waals surface area (Å²) >= 11 is 0. The average Bonchev–Trinajstić information content (AvgIpc) is 3.75. The van der Waals surface area contributed by atoms with Crippen molar-refractivity contribution in [1.29, 1.82) is 0 Å². The van der Waals surface area contributed by atoms with Crippen LogP contribution in [0.1, 0.15) is 33.1 Å². The summed E-state index contributed by atoms with van der Waals surface area (Å²) in [5.74, 6) is -0.280. The van der Waals surface area contributed by atoms with E-state index < -0.39 is 32.2 Å². The van der Waals surface area contributed by atoms with Gasteiger partial charge in [0.25, 0.3) is 0 Å². The molecule has 0 amide bonds. The van der Waals surface area contributed by atoms with Crippen molar-refractivity contribution in [2.45, 2.75) is 47.8 Å². The molecule has 2 aliphatic carbocycles. The van der Waals surface area contributed by atoms with Crippen LogP contribution < -0.4 is 0 Å². The Morgan fingerprint density at radius 1 is 0.457 bits per heavy atom. The van der Waals surface area contributed by atoms with Gasteiger partial charge in [0, 0.05) is 34.1 Å². The van der Waals surface area contributed by atoms with E-state index in [0.717, 1.165) is 6.42 Å². The SMILES string of the molecule is CC1(C)C2CCC1(CS(=O)(=O)[O-])C(=O)C2.c1ccc(-c2cc(-c3ccccc3)c([S+](c3ccccc3)c3c(-c4ccccc4)cc(-c4ccccc4)cc3-c3ccccc3)c(-c3ccccc3)c2)cc1. The molecular formula is C64H54O4S2. The highest BCUT2D eigenvalue weighted by Gasteiger charge is 2.64. The lowest BCUT2D eigenvalue weighted by Crippen LogP contribution is -2.42. The number of carbonyl (C=O) groups is 1. The van der Waals surface area contributed by atoms with Crippen molar-refractivity contribution in [3.8, 4) is 66.8 Å². The lowest BCUT2D eigenvalue weighted by atomic mass is 9.70. The third-order valence-corrected chi connectivity index (χ3v) is 18.0. The van der Waals surface area contributed by atoms with E-state index in [2.05, 4.69) is 237 Å². The molecule has 0 aliphatic heterocycles. The molecule has 0 saturated heterocycles. The molecule has 4 nitrogen and oxygen atoms in total. The fourth-order valence-corrected chi connectivity index (χ4v) is 14.9. The highest BCUT2D eigenvalue weighted by Crippen LogP contribution is 2.64. The van der Waals surface area contributed by atoms with E-state index >= 15 is 0 Å². The second kappa shape index (κ2) is 19.7. The lowest BCUT2D eigenvalue weighted by Gasteiger charge is -2.37. The normalized spacial score (nSPS) is 17.0. The van der Waals surface area contributed by atoms with Crippen molar-refractivity contribution in [2.75, 3.05) is 5.75 Å². The van der Waals surface area contributed by atoms with Crippen LogP contribution in [-0.4, -0.2) is 24.5 Å². The molecule has 0 N–H and O–H groups in total. The third kappa shape index (κ3) is 9.23. The quantitative estimate of drug-likeness (QED) is 0.0956. The fraction of sp³-hybridized carbons (Fsp3) is 0.141. The van der Waals surface area contributed by atoms with E-state index in [-0.39, 0.29) is 17.1 Å². The molecule has 2 fully saturated rings. The summed E-state index contributed by atoms with van der Waals surface area (Å²) in [5.41, 5.74) is 13.3. The Morgan fingerprint density at radius 2 is 0.757 bits per heavy atom. The number of ketones is 1. The van der Waals surface area contributed by atoms with Crippen LogP contribution in [0.4, 0.5) is 0 Å². The average molecular weight is 951 g/mol. The van der Waals surface area contributed by atoms with Gasteiger partial charge in [0.1, 0.15) is 16.7 Å². The van der Waals surface area contributed by atoms with Gasteiger partial charge in [-0.05, 0) is 105 Å². The topological polar surface area (TPSA) is 74.3 Å². The van der Waals surface area contributed by atoms with E-state index in [1.54, 1.807) is 0 Å². The van der Waals surface area contributed by atoms with Crippen molar-refractivity contribution < 1.29 is 17.8 Å². The molecule has 2 atom stereocenters. The molecule has 0 heterocycles. The molecular weight excluding hydrogens is 897 g/mol. The first kappa shape index (κ1) is 46.6. The zero-order chi connectivity index (χ0) is 48.3. The van der Waals surface area contributed by atoms with E-state index in [1.165, 1.54) is 81.4 Å². The van der Waals surface area contributed by atoms with Crippen LogP contribution in [0.3, 0.4) is 0 Å². The van der Waals surface area contributed by atoms with Crippen LogP contribution in [0.15, 0.2) is 251 Å². The minimum Gasteiger partial charge on any atom is -0.748 e. The van der Waals surface area contributed by atoms with Crippen LogP contribution in [0.2, 0.25) is 0 Å². The zero-order valence-corrected chi connectivity index (χ0v) is 41.0. The molecule has 2 aliphatic rings. The molecule has 70 heavy (non-hydrogen) atoms. The third-order valence-electron chi connectivity index (χ3n) is 14.7. The molecule has 2 unspecified atom stereocenters. The maximum atomic E-state index is 11.8. The van der Waals surface area contributed by atoms with E-state index in [9.17, 15) is 17.8 Å². The Labute approximate surface area is 415 Å². The van der Waals surface area contributed by atoms with Crippen LogP contribution in [0.25, 0.3) is 66.8 Å². The van der Waals surface area contributed by atoms with Crippen molar-refractivity contribution >= 4 is 26.8 Å². The van der Waals surface area contributed by atoms with Gasteiger partial charge in [0.05, 0.1) is 15.9 Å². The van der Waals surface area contributed by atoms with E-state index in [1.807, 2.05) is 13.8 Å². The smallest absolute Gasteiger partial charge is 0.182 e. The van der Waals surface area contributed by atoms with Crippen molar-refractivity contribution in [2.24, 2.45) is 16.7 Å². The summed E-state index contributed by atoms with van der Waals surface area (Å²) in [6.07, 6.45) is 1.88. The molecule has 9 aromatic carbocycles. The summed E-state index contributed by atoms with van der Waals surface area (Å²) in [5, 5.41) is 0. The Kier molecular flexibility index (Phi) is 13.1. The number of hydrogen-bond donors (Lipinski definition) is 0. The Balaban J connectivity index is 0.000000323. The monoisotopic (exact) mass is 950 g/mol. The highest BCUT2D eigenvalue weighted by atomic mass is 32.2. The molecule has 6 heteroatoms. The summed E-state index contributed by atoms with van der Waals surface area (Å²) in [7, 11) is -4.92. The summed E-state index contributed by atoms with van der Waals surface area (Å²) in [6, 6.07) is 86.4. The van der Waals surface area contributed by atoms with Crippen LogP contribution in [0.5, 0.6) is 0 Å². The van der Waals surface area contributed by atoms with Gasteiger partial charge in [-0.1, -0.05) is 214 Å². The Hall–Kier alpha value is -7.09. The predicted octanol–water partition coefficient (Wildman–Crippen LogP) is 15.7. The standard InChI is InChI=1S/C54H39S.C10H16O4S/c1-8-22-40(23-9-1)46-36-49(42-26-12-3-13-27-42)53(50(37-46)43-28-14-4-15-29-43)55(48-34-20-7-21-35-48)54-51(44-30-16-5-17-31-44)38-47(41-24-10-2-11-25-41)39-52(54)45-32-18-6-19-33-45;1-9(2)7-3-4-10(9,8(11)5-7)6-15(12,13)14/h1-39H;7H,3-6H2,1-2H3,(H,12,13,14)/q+1;/p-1. The first-order valence-electron chi connectivity index (χ1n) is 24.0. The molecule has 0 radical (unpaired) electrons. The molecule has 2 bridgehead atoms.